The third-order valence-electron chi connectivity index (χ3n) is 2.94. The molecule has 0 aliphatic heterocycles. The maximum absolute atomic E-state index is 12.0. The van der Waals surface area contributed by atoms with Gasteiger partial charge in [0.25, 0.3) is 0 Å². The number of carbonyl (C=O) groups excluding carboxylic acids is 1. The Hall–Kier alpha value is -1.66. The van der Waals surface area contributed by atoms with E-state index in [0.717, 1.165) is 28.2 Å². The van der Waals surface area contributed by atoms with Crippen molar-refractivity contribution < 1.29 is 4.79 Å². The van der Waals surface area contributed by atoms with Gasteiger partial charge in [0.05, 0.1) is 0 Å². The topological polar surface area (TPSA) is 70.8 Å². The minimum Gasteiger partial charge on any atom is -0.324 e. The van der Waals surface area contributed by atoms with Gasteiger partial charge in [0.2, 0.25) is 10.7 Å². The molecule has 1 heterocycles. The molecule has 1 amide bonds. The molecule has 21 heavy (non-hydrogen) atoms. The fraction of sp³-hybridized carbons (Fsp3) is 0.357. The second-order valence-electron chi connectivity index (χ2n) is 4.68. The van der Waals surface area contributed by atoms with E-state index in [4.69, 9.17) is 5.41 Å². The van der Waals surface area contributed by atoms with Crippen LogP contribution < -0.4 is 10.1 Å². The number of amides is 1. The second-order valence-corrected chi connectivity index (χ2v) is 5.74. The van der Waals surface area contributed by atoms with Crippen LogP contribution in [0.5, 0.6) is 0 Å². The molecule has 1 aromatic carbocycles. The quantitative estimate of drug-likeness (QED) is 0.906. The van der Waals surface area contributed by atoms with Gasteiger partial charge in [-0.2, -0.15) is 5.10 Å². The Labute approximate surface area is 133 Å². The highest BCUT2D eigenvalue weighted by molar-refractivity contribution is 7.08. The number of carbonyl (C=O) groups is 1. The molecule has 2 N–H and O–H groups in total. The zero-order chi connectivity index (χ0) is 14.7. The summed E-state index contributed by atoms with van der Waals surface area (Å²) < 4.78 is 1.43. The lowest BCUT2D eigenvalue weighted by atomic mass is 10.1. The Morgan fingerprint density at radius 1 is 1.43 bits per heavy atom. The first kappa shape index (κ1) is 17.4. The van der Waals surface area contributed by atoms with Crippen LogP contribution in [0, 0.1) is 19.3 Å². The Morgan fingerprint density at radius 3 is 2.76 bits per heavy atom. The monoisotopic (exact) mass is 326 g/mol. The van der Waals surface area contributed by atoms with Gasteiger partial charge in [-0.1, -0.05) is 30.4 Å². The minimum atomic E-state index is -0.162. The lowest BCUT2D eigenvalue weighted by Gasteiger charge is -2.09. The van der Waals surface area contributed by atoms with Gasteiger partial charge >= 0.3 is 0 Å². The number of rotatable bonds is 4. The summed E-state index contributed by atoms with van der Waals surface area (Å²) in [4.78, 5) is 12.3. The van der Waals surface area contributed by atoms with Gasteiger partial charge in [-0.15, -0.1) is 12.4 Å². The van der Waals surface area contributed by atoms with Gasteiger partial charge in [0, 0.05) is 5.69 Å². The van der Waals surface area contributed by atoms with E-state index >= 15 is 0 Å². The van der Waals surface area contributed by atoms with E-state index in [2.05, 4.69) is 10.4 Å². The van der Waals surface area contributed by atoms with Crippen LogP contribution >= 0.6 is 23.7 Å². The second kappa shape index (κ2) is 7.38. The van der Waals surface area contributed by atoms with E-state index in [1.165, 1.54) is 16.0 Å². The molecule has 114 valence electrons. The van der Waals surface area contributed by atoms with Crippen LogP contribution in [0.2, 0.25) is 0 Å². The molecular weight excluding hydrogens is 308 g/mol. The molecule has 7 heteroatoms. The SMILES string of the molecule is CCc1nn(CC(=O)Nc2cc(C)ccc2C)c(=N)s1.Cl. The highest BCUT2D eigenvalue weighted by atomic mass is 35.5. The molecule has 0 radical (unpaired) electrons. The van der Waals surface area contributed by atoms with Crippen LogP contribution in [0.25, 0.3) is 0 Å². The van der Waals surface area contributed by atoms with Gasteiger partial charge in [-0.05, 0) is 37.5 Å². The molecule has 2 aromatic rings. The third kappa shape index (κ3) is 4.41. The molecule has 0 atom stereocenters. The van der Waals surface area contributed by atoms with Crippen LogP contribution in [0.4, 0.5) is 5.69 Å². The minimum absolute atomic E-state index is 0. The van der Waals surface area contributed by atoms with Gasteiger partial charge < -0.3 is 5.32 Å². The molecule has 2 rings (SSSR count). The highest BCUT2D eigenvalue weighted by Crippen LogP contribution is 2.16. The van der Waals surface area contributed by atoms with Gasteiger partial charge in [0.15, 0.2) is 0 Å². The first-order chi connectivity index (χ1) is 9.49. The number of hydrogen-bond acceptors (Lipinski definition) is 4. The molecule has 0 fully saturated rings. The maximum Gasteiger partial charge on any atom is 0.246 e. The Morgan fingerprint density at radius 2 is 2.14 bits per heavy atom. The summed E-state index contributed by atoms with van der Waals surface area (Å²) in [7, 11) is 0. The molecule has 5 nitrogen and oxygen atoms in total. The van der Waals surface area contributed by atoms with Gasteiger partial charge in [-0.3, -0.25) is 10.2 Å². The van der Waals surface area contributed by atoms with Crippen LogP contribution in [0.15, 0.2) is 18.2 Å². The number of halogens is 1. The van der Waals surface area contributed by atoms with Crippen LogP contribution in [-0.4, -0.2) is 15.7 Å². The zero-order valence-electron chi connectivity index (χ0n) is 12.3. The normalized spacial score (nSPS) is 10.0. The fourth-order valence-corrected chi connectivity index (χ4v) is 2.53. The van der Waals surface area contributed by atoms with E-state index in [-0.39, 0.29) is 24.9 Å². The van der Waals surface area contributed by atoms with Crippen molar-refractivity contribution in [3.05, 3.63) is 39.1 Å². The highest BCUT2D eigenvalue weighted by Gasteiger charge is 2.09. The molecule has 0 saturated heterocycles. The molecule has 0 aliphatic rings. The Balaban J connectivity index is 0.00000220. The van der Waals surface area contributed by atoms with Crippen molar-refractivity contribution in [2.45, 2.75) is 33.7 Å². The smallest absolute Gasteiger partial charge is 0.246 e. The lowest BCUT2D eigenvalue weighted by molar-refractivity contribution is -0.117. The van der Waals surface area contributed by atoms with Crippen molar-refractivity contribution in [2.75, 3.05) is 5.32 Å². The van der Waals surface area contributed by atoms with E-state index in [1.807, 2.05) is 39.0 Å². The third-order valence-corrected chi connectivity index (χ3v) is 3.95. The summed E-state index contributed by atoms with van der Waals surface area (Å²) >= 11 is 1.31. The molecule has 1 aromatic heterocycles. The largest absolute Gasteiger partial charge is 0.324 e. The maximum atomic E-state index is 12.0. The van der Waals surface area contributed by atoms with E-state index in [1.54, 1.807) is 0 Å². The molecule has 0 aliphatic carbocycles. The molecule has 0 bridgehead atoms. The lowest BCUT2D eigenvalue weighted by Crippen LogP contribution is -2.25. The molecule has 0 spiro atoms. The van der Waals surface area contributed by atoms with Crippen molar-refractivity contribution >= 4 is 35.3 Å². The van der Waals surface area contributed by atoms with Crippen LogP contribution in [0.1, 0.15) is 23.1 Å². The van der Waals surface area contributed by atoms with Crippen molar-refractivity contribution in [2.24, 2.45) is 0 Å². The first-order valence-electron chi connectivity index (χ1n) is 6.48. The summed E-state index contributed by atoms with van der Waals surface area (Å²) in [6, 6.07) is 5.93. The van der Waals surface area contributed by atoms with E-state index < -0.39 is 0 Å². The summed E-state index contributed by atoms with van der Waals surface area (Å²) in [5, 5.41) is 15.8. The summed E-state index contributed by atoms with van der Waals surface area (Å²) in [5.74, 6) is -0.162. The van der Waals surface area contributed by atoms with Crippen LogP contribution in [-0.2, 0) is 17.8 Å². The van der Waals surface area contributed by atoms with Crippen molar-refractivity contribution in [1.29, 1.82) is 5.41 Å². The van der Waals surface area contributed by atoms with Crippen molar-refractivity contribution in [1.82, 2.24) is 9.78 Å². The number of aromatic nitrogens is 2. The van der Waals surface area contributed by atoms with Crippen molar-refractivity contribution in [3.63, 3.8) is 0 Å². The average molecular weight is 327 g/mol. The van der Waals surface area contributed by atoms with Gasteiger partial charge in [-0.25, -0.2) is 4.68 Å². The number of anilines is 1. The molecule has 0 saturated carbocycles. The number of hydrogen-bond donors (Lipinski definition) is 2. The number of aryl methyl sites for hydroxylation is 3. The van der Waals surface area contributed by atoms with Crippen molar-refractivity contribution in [3.8, 4) is 0 Å². The van der Waals surface area contributed by atoms with E-state index in [0.29, 0.717) is 4.80 Å². The number of benzene rings is 1. The summed E-state index contributed by atoms with van der Waals surface area (Å²) in [6.07, 6.45) is 0.780. The number of nitrogens with one attached hydrogen (secondary N) is 2. The first-order valence-corrected chi connectivity index (χ1v) is 7.29. The predicted molar refractivity (Wildman–Crippen MR) is 87.1 cm³/mol. The molecular formula is C14H19ClN4OS. The predicted octanol–water partition coefficient (Wildman–Crippen LogP) is 2.66. The Bertz CT molecular complexity index is 693. The standard InChI is InChI=1S/C14H18N4OS.ClH/c1-4-13-17-18(14(15)20-13)8-12(19)16-11-7-9(2)5-6-10(11)3;/h5-7,15H,4,8H2,1-3H3,(H,16,19);1H. The van der Waals surface area contributed by atoms with E-state index in [9.17, 15) is 4.79 Å². The fourth-order valence-electron chi connectivity index (χ4n) is 1.81. The average Bonchev–Trinajstić information content (AvgIpc) is 2.74. The number of nitrogens with zero attached hydrogens (tertiary/aromatic N) is 2. The van der Waals surface area contributed by atoms with Crippen LogP contribution in [0.3, 0.4) is 0 Å². The van der Waals surface area contributed by atoms with Gasteiger partial charge in [0.1, 0.15) is 11.6 Å². The Kier molecular flexibility index (Phi) is 6.11. The molecule has 0 unspecified atom stereocenters. The summed E-state index contributed by atoms with van der Waals surface area (Å²) in [5.41, 5.74) is 2.93. The summed E-state index contributed by atoms with van der Waals surface area (Å²) in [6.45, 7) is 6.00. The zero-order valence-corrected chi connectivity index (χ0v) is 13.9.